The van der Waals surface area contributed by atoms with Crippen LogP contribution in [0.1, 0.15) is 23.7 Å². The summed E-state index contributed by atoms with van der Waals surface area (Å²) in [5.41, 5.74) is 1.32. The van der Waals surface area contributed by atoms with Crippen molar-refractivity contribution in [1.29, 1.82) is 0 Å². The van der Waals surface area contributed by atoms with Crippen molar-refractivity contribution >= 4 is 11.6 Å². The van der Waals surface area contributed by atoms with Crippen LogP contribution in [0.4, 0.5) is 0 Å². The van der Waals surface area contributed by atoms with Crippen LogP contribution in [0.3, 0.4) is 0 Å². The second-order valence-corrected chi connectivity index (χ2v) is 4.72. The molecule has 0 saturated carbocycles. The lowest BCUT2D eigenvalue weighted by atomic mass is 10.2. The minimum Gasteiger partial charge on any atom is -0.297 e. The highest BCUT2D eigenvalue weighted by atomic mass is 35.5. The van der Waals surface area contributed by atoms with Gasteiger partial charge in [-0.3, -0.25) is 19.0 Å². The maximum atomic E-state index is 12.2. The number of hydrogen-bond donors (Lipinski definition) is 1. The fraction of sp³-hybridized carbons (Fsp3) is 0.417. The Bertz CT molecular complexity index is 726. The van der Waals surface area contributed by atoms with Crippen molar-refractivity contribution in [2.75, 3.05) is 0 Å². The fourth-order valence-electron chi connectivity index (χ4n) is 1.91. The first-order valence-electron chi connectivity index (χ1n) is 5.94. The molecule has 2 aromatic rings. The third-order valence-corrected chi connectivity index (χ3v) is 3.57. The van der Waals surface area contributed by atoms with E-state index in [2.05, 4.69) is 10.1 Å². The molecule has 0 saturated heterocycles. The Hall–Kier alpha value is -1.82. The maximum absolute atomic E-state index is 12.2. The summed E-state index contributed by atoms with van der Waals surface area (Å²) in [6.45, 7) is 3.90. The number of rotatable bonds is 3. The summed E-state index contributed by atoms with van der Waals surface area (Å²) < 4.78 is 2.85. The van der Waals surface area contributed by atoms with Crippen molar-refractivity contribution in [2.45, 2.75) is 26.8 Å². The van der Waals surface area contributed by atoms with Gasteiger partial charge in [0, 0.05) is 18.3 Å². The van der Waals surface area contributed by atoms with Crippen molar-refractivity contribution in [3.8, 4) is 0 Å². The van der Waals surface area contributed by atoms with E-state index in [-0.39, 0.29) is 17.3 Å². The van der Waals surface area contributed by atoms with Gasteiger partial charge in [-0.25, -0.2) is 4.79 Å². The number of H-pyrrole nitrogens is 1. The number of nitrogens with one attached hydrogen (secondary N) is 1. The third-order valence-electron chi connectivity index (χ3n) is 3.25. The lowest BCUT2D eigenvalue weighted by molar-refractivity contribution is 0.678. The van der Waals surface area contributed by atoms with E-state index in [0.29, 0.717) is 12.0 Å². The smallest absolute Gasteiger partial charge is 0.297 e. The Morgan fingerprint density at radius 2 is 2.11 bits per heavy atom. The second kappa shape index (κ2) is 5.05. The summed E-state index contributed by atoms with van der Waals surface area (Å²) in [5.74, 6) is 0. The van der Waals surface area contributed by atoms with Crippen molar-refractivity contribution in [2.24, 2.45) is 7.05 Å². The predicted octanol–water partition coefficient (Wildman–Crippen LogP) is 0.843. The largest absolute Gasteiger partial charge is 0.329 e. The summed E-state index contributed by atoms with van der Waals surface area (Å²) in [6.07, 6.45) is 2.13. The van der Waals surface area contributed by atoms with E-state index in [4.69, 9.17) is 11.6 Å². The van der Waals surface area contributed by atoms with Gasteiger partial charge < -0.3 is 0 Å². The molecule has 7 heteroatoms. The molecule has 0 bridgehead atoms. The molecule has 2 rings (SSSR count). The zero-order chi connectivity index (χ0) is 14.2. The molecule has 0 aliphatic carbocycles. The Morgan fingerprint density at radius 1 is 1.42 bits per heavy atom. The minimum absolute atomic E-state index is 0.122. The summed E-state index contributed by atoms with van der Waals surface area (Å²) in [4.78, 5) is 26.5. The van der Waals surface area contributed by atoms with Gasteiger partial charge in [-0.15, -0.1) is 0 Å². The van der Waals surface area contributed by atoms with Gasteiger partial charge in [-0.05, 0) is 13.3 Å². The van der Waals surface area contributed by atoms with Gasteiger partial charge in [0.2, 0.25) is 0 Å². The fourth-order valence-corrected chi connectivity index (χ4v) is 2.20. The predicted molar refractivity (Wildman–Crippen MR) is 72.8 cm³/mol. The van der Waals surface area contributed by atoms with E-state index >= 15 is 0 Å². The highest BCUT2D eigenvalue weighted by molar-refractivity contribution is 6.30. The van der Waals surface area contributed by atoms with Gasteiger partial charge in [-0.2, -0.15) is 5.10 Å². The standard InChI is InChI=1S/C12H15ClN4O2/c1-4-9-10(13)15-12(19)17(11(9)18)6-8-5-14-16(3)7(8)2/h5H,4,6H2,1-3H3,(H,15,19). The molecule has 0 aliphatic rings. The highest BCUT2D eigenvalue weighted by Gasteiger charge is 2.13. The first-order chi connectivity index (χ1) is 8.95. The van der Waals surface area contributed by atoms with Crippen LogP contribution in [-0.4, -0.2) is 19.3 Å². The molecule has 0 radical (unpaired) electrons. The number of aryl methyl sites for hydroxylation is 1. The molecule has 0 atom stereocenters. The molecule has 0 aliphatic heterocycles. The SMILES string of the molecule is CCc1c(Cl)[nH]c(=O)n(Cc2cnn(C)c2C)c1=O. The van der Waals surface area contributed by atoms with Crippen molar-refractivity contribution < 1.29 is 0 Å². The van der Waals surface area contributed by atoms with Crippen LogP contribution >= 0.6 is 11.6 Å². The van der Waals surface area contributed by atoms with Crippen LogP contribution in [-0.2, 0) is 20.0 Å². The number of hydrogen-bond acceptors (Lipinski definition) is 3. The molecule has 0 unspecified atom stereocenters. The van der Waals surface area contributed by atoms with Crippen molar-refractivity contribution in [3.05, 3.63) is 49.0 Å². The van der Waals surface area contributed by atoms with E-state index in [9.17, 15) is 9.59 Å². The second-order valence-electron chi connectivity index (χ2n) is 4.35. The highest BCUT2D eigenvalue weighted by Crippen LogP contribution is 2.08. The van der Waals surface area contributed by atoms with E-state index in [0.717, 1.165) is 15.8 Å². The molecule has 0 spiro atoms. The van der Waals surface area contributed by atoms with Gasteiger partial charge in [0.15, 0.2) is 0 Å². The molecular formula is C12H15ClN4O2. The summed E-state index contributed by atoms with van der Waals surface area (Å²) in [5, 5.41) is 4.22. The van der Waals surface area contributed by atoms with Crippen molar-refractivity contribution in [3.63, 3.8) is 0 Å². The monoisotopic (exact) mass is 282 g/mol. The first-order valence-corrected chi connectivity index (χ1v) is 6.32. The Balaban J connectivity index is 2.55. The molecule has 6 nitrogen and oxygen atoms in total. The van der Waals surface area contributed by atoms with E-state index in [1.165, 1.54) is 0 Å². The molecule has 0 aromatic carbocycles. The first kappa shape index (κ1) is 13.6. The molecule has 2 heterocycles. The number of halogens is 1. The summed E-state index contributed by atoms with van der Waals surface area (Å²) in [6, 6.07) is 0. The minimum atomic E-state index is -0.504. The average molecular weight is 283 g/mol. The average Bonchev–Trinajstić information content (AvgIpc) is 2.66. The molecule has 1 N–H and O–H groups in total. The van der Waals surface area contributed by atoms with Crippen molar-refractivity contribution in [1.82, 2.24) is 19.3 Å². The summed E-state index contributed by atoms with van der Waals surface area (Å²) >= 11 is 5.86. The molecule has 2 aromatic heterocycles. The van der Waals surface area contributed by atoms with Gasteiger partial charge >= 0.3 is 5.69 Å². The lowest BCUT2D eigenvalue weighted by Gasteiger charge is -2.07. The van der Waals surface area contributed by atoms with Crippen LogP contribution in [0, 0.1) is 6.92 Å². The Kier molecular flexibility index (Phi) is 3.61. The number of aromatic amines is 1. The maximum Gasteiger partial charge on any atom is 0.329 e. The number of aromatic nitrogens is 4. The van der Waals surface area contributed by atoms with Gasteiger partial charge in [-0.1, -0.05) is 18.5 Å². The van der Waals surface area contributed by atoms with E-state index < -0.39 is 5.69 Å². The normalized spacial score (nSPS) is 10.9. The molecule has 0 fully saturated rings. The molecule has 0 amide bonds. The zero-order valence-electron chi connectivity index (χ0n) is 11.0. The summed E-state index contributed by atoms with van der Waals surface area (Å²) in [7, 11) is 1.81. The van der Waals surface area contributed by atoms with E-state index in [1.807, 2.05) is 20.9 Å². The van der Waals surface area contributed by atoms with Crippen LogP contribution in [0.15, 0.2) is 15.8 Å². The Labute approximate surface area is 114 Å². The third kappa shape index (κ3) is 2.35. The van der Waals surface area contributed by atoms with Crippen LogP contribution in [0.2, 0.25) is 5.15 Å². The van der Waals surface area contributed by atoms with Crippen LogP contribution in [0.5, 0.6) is 0 Å². The van der Waals surface area contributed by atoms with E-state index in [1.54, 1.807) is 10.9 Å². The Morgan fingerprint density at radius 3 is 2.63 bits per heavy atom. The molecular weight excluding hydrogens is 268 g/mol. The van der Waals surface area contributed by atoms with Gasteiger partial charge in [0.1, 0.15) is 5.15 Å². The van der Waals surface area contributed by atoms with Gasteiger partial charge in [0.25, 0.3) is 5.56 Å². The van der Waals surface area contributed by atoms with Crippen LogP contribution < -0.4 is 11.2 Å². The number of nitrogens with zero attached hydrogens (tertiary/aromatic N) is 3. The quantitative estimate of drug-likeness (QED) is 0.848. The molecule has 102 valence electrons. The zero-order valence-corrected chi connectivity index (χ0v) is 11.8. The van der Waals surface area contributed by atoms with Gasteiger partial charge in [0.05, 0.1) is 18.3 Å². The lowest BCUT2D eigenvalue weighted by Crippen LogP contribution is -2.37. The topological polar surface area (TPSA) is 72.7 Å². The molecule has 19 heavy (non-hydrogen) atoms. The van der Waals surface area contributed by atoms with Crippen LogP contribution in [0.25, 0.3) is 0 Å².